The van der Waals surface area contributed by atoms with E-state index in [1.807, 2.05) is 13.8 Å². The Bertz CT molecular complexity index is 125. The van der Waals surface area contributed by atoms with Gasteiger partial charge in [-0.1, -0.05) is 0 Å². The lowest BCUT2D eigenvalue weighted by atomic mass is 10.2. The highest BCUT2D eigenvalue weighted by Crippen LogP contribution is 2.24. The summed E-state index contributed by atoms with van der Waals surface area (Å²) in [6, 6.07) is 0. The maximum atomic E-state index is 5.59. The third-order valence-electron chi connectivity index (χ3n) is 1.75. The highest BCUT2D eigenvalue weighted by molar-refractivity contribution is 7.80. The highest BCUT2D eigenvalue weighted by atomic mass is 32.1. The molecule has 11 heavy (non-hydrogen) atoms. The van der Waals surface area contributed by atoms with Crippen LogP contribution in [0.1, 0.15) is 26.7 Å². The molecule has 0 spiro atoms. The first-order chi connectivity index (χ1) is 5.14. The number of hydrogen-bond acceptors (Lipinski definition) is 3. The minimum Gasteiger partial charge on any atom is -0.348 e. The lowest BCUT2D eigenvalue weighted by Crippen LogP contribution is -2.21. The first-order valence-electron chi connectivity index (χ1n) is 4.07. The second kappa shape index (κ2) is 3.78. The lowest BCUT2D eigenvalue weighted by molar-refractivity contribution is -0.138. The van der Waals surface area contributed by atoms with Crippen LogP contribution in [0, 0.1) is 0 Å². The van der Waals surface area contributed by atoms with Crippen molar-refractivity contribution in [3.63, 3.8) is 0 Å². The molecule has 0 aromatic rings. The van der Waals surface area contributed by atoms with Crippen molar-refractivity contribution in [2.75, 3.05) is 12.4 Å². The Hall–Kier alpha value is 0.270. The molecule has 0 radical (unpaired) electrons. The largest absolute Gasteiger partial charge is 0.348 e. The molecule has 0 bridgehead atoms. The van der Waals surface area contributed by atoms with Crippen molar-refractivity contribution in [3.05, 3.63) is 0 Å². The summed E-state index contributed by atoms with van der Waals surface area (Å²) < 4.78 is 11.0. The molecule has 1 rings (SSSR count). The molecule has 3 heteroatoms. The van der Waals surface area contributed by atoms with Crippen molar-refractivity contribution < 1.29 is 9.47 Å². The molecule has 0 saturated carbocycles. The van der Waals surface area contributed by atoms with Crippen molar-refractivity contribution in [2.45, 2.75) is 38.6 Å². The molecule has 1 unspecified atom stereocenters. The van der Waals surface area contributed by atoms with Gasteiger partial charge in [0.05, 0.1) is 12.7 Å². The van der Waals surface area contributed by atoms with Crippen LogP contribution in [0.3, 0.4) is 0 Å². The lowest BCUT2D eigenvalue weighted by Gasteiger charge is -2.16. The molecule has 0 amide bonds. The number of ether oxygens (including phenoxy) is 2. The van der Waals surface area contributed by atoms with E-state index >= 15 is 0 Å². The van der Waals surface area contributed by atoms with Gasteiger partial charge in [-0.05, 0) is 32.4 Å². The average molecular weight is 176 g/mol. The van der Waals surface area contributed by atoms with Crippen LogP contribution in [0.2, 0.25) is 0 Å². The van der Waals surface area contributed by atoms with Crippen molar-refractivity contribution in [2.24, 2.45) is 0 Å². The standard InChI is InChI=1S/C8H16O2S/c1-8(2)9-6-7(10-8)4-3-5-11/h7,11H,3-6H2,1-2H3. The fourth-order valence-corrected chi connectivity index (χ4v) is 1.41. The Balaban J connectivity index is 2.20. The van der Waals surface area contributed by atoms with Crippen LogP contribution < -0.4 is 0 Å². The molecule has 0 aromatic heterocycles. The van der Waals surface area contributed by atoms with Gasteiger partial charge >= 0.3 is 0 Å². The van der Waals surface area contributed by atoms with Crippen LogP contribution in [0.15, 0.2) is 0 Å². The summed E-state index contributed by atoms with van der Waals surface area (Å²) in [6.07, 6.45) is 2.46. The fourth-order valence-electron chi connectivity index (χ4n) is 1.22. The molecule has 66 valence electrons. The second-order valence-corrected chi connectivity index (χ2v) is 3.76. The summed E-state index contributed by atoms with van der Waals surface area (Å²) >= 11 is 4.14. The van der Waals surface area contributed by atoms with Crippen molar-refractivity contribution in [1.29, 1.82) is 0 Å². The first-order valence-corrected chi connectivity index (χ1v) is 4.70. The Labute approximate surface area is 73.7 Å². The monoisotopic (exact) mass is 176 g/mol. The van der Waals surface area contributed by atoms with E-state index in [1.54, 1.807) is 0 Å². The van der Waals surface area contributed by atoms with E-state index < -0.39 is 0 Å². The Morgan fingerprint density at radius 3 is 2.73 bits per heavy atom. The van der Waals surface area contributed by atoms with Gasteiger partial charge in [0.15, 0.2) is 5.79 Å². The zero-order valence-electron chi connectivity index (χ0n) is 7.17. The predicted octanol–water partition coefficient (Wildman–Crippen LogP) is 1.85. The fraction of sp³-hybridized carbons (Fsp3) is 1.00. The summed E-state index contributed by atoms with van der Waals surface area (Å²) in [7, 11) is 0. The first kappa shape index (κ1) is 9.36. The predicted molar refractivity (Wildman–Crippen MR) is 48.0 cm³/mol. The van der Waals surface area contributed by atoms with Crippen molar-refractivity contribution in [1.82, 2.24) is 0 Å². The molecule has 1 aliphatic rings. The second-order valence-electron chi connectivity index (χ2n) is 3.32. The van der Waals surface area contributed by atoms with Crippen LogP contribution in [0.25, 0.3) is 0 Å². The normalized spacial score (nSPS) is 29.2. The summed E-state index contributed by atoms with van der Waals surface area (Å²) in [6.45, 7) is 4.64. The van der Waals surface area contributed by atoms with Gasteiger partial charge in [0.25, 0.3) is 0 Å². The van der Waals surface area contributed by atoms with Gasteiger partial charge in [-0.15, -0.1) is 0 Å². The summed E-state index contributed by atoms with van der Waals surface area (Å²) in [5.41, 5.74) is 0. The third kappa shape index (κ3) is 3.01. The van der Waals surface area contributed by atoms with E-state index in [2.05, 4.69) is 12.6 Å². The van der Waals surface area contributed by atoms with Crippen LogP contribution >= 0.6 is 12.6 Å². The number of thiol groups is 1. The summed E-state index contributed by atoms with van der Waals surface area (Å²) in [4.78, 5) is 0. The molecule has 1 fully saturated rings. The zero-order valence-corrected chi connectivity index (χ0v) is 8.06. The van der Waals surface area contributed by atoms with E-state index in [9.17, 15) is 0 Å². The Morgan fingerprint density at radius 2 is 2.27 bits per heavy atom. The molecular formula is C8H16O2S. The molecule has 1 heterocycles. The molecule has 1 aliphatic heterocycles. The Kier molecular flexibility index (Phi) is 3.22. The van der Waals surface area contributed by atoms with E-state index in [1.165, 1.54) is 0 Å². The van der Waals surface area contributed by atoms with Gasteiger partial charge in [0.1, 0.15) is 0 Å². The Morgan fingerprint density at radius 1 is 1.55 bits per heavy atom. The SMILES string of the molecule is CC1(C)OCC(CCCS)O1. The third-order valence-corrected chi connectivity index (χ3v) is 2.07. The topological polar surface area (TPSA) is 18.5 Å². The van der Waals surface area contributed by atoms with Gasteiger partial charge in [-0.25, -0.2) is 0 Å². The summed E-state index contributed by atoms with van der Waals surface area (Å²) in [5.74, 6) is 0.571. The van der Waals surface area contributed by atoms with Crippen LogP contribution in [0.5, 0.6) is 0 Å². The minimum absolute atomic E-state index is 0.289. The smallest absolute Gasteiger partial charge is 0.163 e. The van der Waals surface area contributed by atoms with Crippen LogP contribution in [-0.4, -0.2) is 24.3 Å². The maximum absolute atomic E-state index is 5.59. The van der Waals surface area contributed by atoms with Crippen molar-refractivity contribution in [3.8, 4) is 0 Å². The summed E-state index contributed by atoms with van der Waals surface area (Å²) in [5, 5.41) is 0. The van der Waals surface area contributed by atoms with Gasteiger partial charge in [0.2, 0.25) is 0 Å². The average Bonchev–Trinajstić information content (AvgIpc) is 2.26. The van der Waals surface area contributed by atoms with E-state index in [0.717, 1.165) is 25.2 Å². The van der Waals surface area contributed by atoms with Gasteiger partial charge in [-0.3, -0.25) is 0 Å². The van der Waals surface area contributed by atoms with Gasteiger partial charge < -0.3 is 9.47 Å². The quantitative estimate of drug-likeness (QED) is 0.661. The molecule has 2 nitrogen and oxygen atoms in total. The maximum Gasteiger partial charge on any atom is 0.163 e. The minimum atomic E-state index is -0.360. The van der Waals surface area contributed by atoms with Crippen LogP contribution in [0.4, 0.5) is 0 Å². The molecular weight excluding hydrogens is 160 g/mol. The van der Waals surface area contributed by atoms with Gasteiger partial charge in [-0.2, -0.15) is 12.6 Å². The number of rotatable bonds is 3. The molecule has 0 aliphatic carbocycles. The molecule has 0 N–H and O–H groups in total. The molecule has 1 saturated heterocycles. The van der Waals surface area contributed by atoms with Gasteiger partial charge in [0, 0.05) is 0 Å². The van der Waals surface area contributed by atoms with Crippen molar-refractivity contribution >= 4 is 12.6 Å². The van der Waals surface area contributed by atoms with E-state index in [4.69, 9.17) is 9.47 Å². The van der Waals surface area contributed by atoms with E-state index in [-0.39, 0.29) is 11.9 Å². The molecule has 0 aromatic carbocycles. The van der Waals surface area contributed by atoms with E-state index in [0.29, 0.717) is 0 Å². The molecule has 1 atom stereocenters. The zero-order chi connectivity index (χ0) is 8.32. The van der Waals surface area contributed by atoms with Crippen LogP contribution in [-0.2, 0) is 9.47 Å². The highest BCUT2D eigenvalue weighted by Gasteiger charge is 2.31. The number of hydrogen-bond donors (Lipinski definition) is 1.